The Labute approximate surface area is 174 Å². The number of nitrogens with zero attached hydrogens (tertiary/aromatic N) is 2. The average Bonchev–Trinajstić information content (AvgIpc) is 2.72. The average molecular weight is 428 g/mol. The lowest BCUT2D eigenvalue weighted by atomic mass is 9.99. The minimum absolute atomic E-state index is 0.0760. The predicted octanol–water partition coefficient (Wildman–Crippen LogP) is 1.66. The Hall–Kier alpha value is -1.84. The Morgan fingerprint density at radius 1 is 1.31 bits per heavy atom. The minimum atomic E-state index is -3.48. The van der Waals surface area contributed by atoms with Gasteiger partial charge in [0.25, 0.3) is 10.2 Å². The van der Waals surface area contributed by atoms with Crippen molar-refractivity contribution in [3.05, 3.63) is 23.8 Å². The van der Waals surface area contributed by atoms with Crippen molar-refractivity contribution in [2.24, 2.45) is 5.92 Å². The van der Waals surface area contributed by atoms with Gasteiger partial charge in [0.1, 0.15) is 0 Å². The summed E-state index contributed by atoms with van der Waals surface area (Å²) in [5.41, 5.74) is 1.11. The number of rotatable bonds is 10. The first-order chi connectivity index (χ1) is 13.8. The van der Waals surface area contributed by atoms with E-state index in [2.05, 4.69) is 5.32 Å². The lowest BCUT2D eigenvalue weighted by molar-refractivity contribution is -0.126. The van der Waals surface area contributed by atoms with E-state index < -0.39 is 10.2 Å². The van der Waals surface area contributed by atoms with Gasteiger partial charge < -0.3 is 14.8 Å². The second-order valence-corrected chi connectivity index (χ2v) is 9.44. The predicted molar refractivity (Wildman–Crippen MR) is 112 cm³/mol. The Morgan fingerprint density at radius 2 is 2.07 bits per heavy atom. The van der Waals surface area contributed by atoms with Crippen molar-refractivity contribution in [3.63, 3.8) is 0 Å². The zero-order valence-electron chi connectivity index (χ0n) is 17.8. The molecule has 0 spiro atoms. The van der Waals surface area contributed by atoms with Crippen LogP contribution in [0.5, 0.6) is 11.5 Å². The van der Waals surface area contributed by atoms with Crippen molar-refractivity contribution >= 4 is 16.1 Å². The summed E-state index contributed by atoms with van der Waals surface area (Å²) in [4.78, 5) is 12.5. The topological polar surface area (TPSA) is 88.2 Å². The quantitative estimate of drug-likeness (QED) is 0.574. The number of carbonyl (C=O) groups is 1. The van der Waals surface area contributed by atoms with E-state index in [4.69, 9.17) is 9.47 Å². The van der Waals surface area contributed by atoms with Crippen molar-refractivity contribution in [2.75, 3.05) is 47.4 Å². The highest BCUT2D eigenvalue weighted by molar-refractivity contribution is 7.86. The van der Waals surface area contributed by atoms with E-state index >= 15 is 0 Å². The molecule has 1 N–H and O–H groups in total. The first-order valence-corrected chi connectivity index (χ1v) is 11.4. The van der Waals surface area contributed by atoms with Crippen LogP contribution in [0.25, 0.3) is 0 Å². The summed E-state index contributed by atoms with van der Waals surface area (Å²) in [6.07, 6.45) is 2.99. The fourth-order valence-electron chi connectivity index (χ4n) is 3.39. The molecule has 0 aliphatic carbocycles. The molecule has 0 saturated carbocycles. The van der Waals surface area contributed by atoms with Gasteiger partial charge in [-0.15, -0.1) is 0 Å². The van der Waals surface area contributed by atoms with Crippen LogP contribution in [0, 0.1) is 5.92 Å². The lowest BCUT2D eigenvalue weighted by Crippen LogP contribution is -2.48. The first-order valence-electron chi connectivity index (χ1n) is 10.0. The standard InChI is InChI=1S/C20H33N3O5S/c1-5-28-18-11-10-16(14-19(18)27-4)8-6-12-21-20(24)17-9-7-13-23(15-17)29(25,26)22(2)3/h10-11,14,17H,5-9,12-13,15H2,1-4H3,(H,21,24). The van der Waals surface area contributed by atoms with Gasteiger partial charge in [-0.05, 0) is 50.3 Å². The number of ether oxygens (including phenoxy) is 2. The lowest BCUT2D eigenvalue weighted by Gasteiger charge is -2.32. The molecule has 1 amide bonds. The molecule has 164 valence electrons. The maximum atomic E-state index is 12.5. The molecule has 1 unspecified atom stereocenters. The van der Waals surface area contributed by atoms with Crippen molar-refractivity contribution < 1.29 is 22.7 Å². The molecule has 1 aromatic carbocycles. The number of piperidine rings is 1. The smallest absolute Gasteiger partial charge is 0.281 e. The van der Waals surface area contributed by atoms with E-state index in [0.717, 1.165) is 24.2 Å². The SMILES string of the molecule is CCOc1ccc(CCCNC(=O)C2CCCN(S(=O)(=O)N(C)C)C2)cc1OC. The van der Waals surface area contributed by atoms with Gasteiger partial charge in [0, 0.05) is 33.7 Å². The van der Waals surface area contributed by atoms with Crippen LogP contribution < -0.4 is 14.8 Å². The Bertz CT molecular complexity index is 782. The van der Waals surface area contributed by atoms with Crippen LogP contribution in [0.3, 0.4) is 0 Å². The minimum Gasteiger partial charge on any atom is -0.493 e. The van der Waals surface area contributed by atoms with Crippen molar-refractivity contribution in [1.29, 1.82) is 0 Å². The molecule has 0 aromatic heterocycles. The first kappa shape index (κ1) is 23.4. The largest absolute Gasteiger partial charge is 0.493 e. The number of methoxy groups -OCH3 is 1. The Kier molecular flexibility index (Phi) is 8.73. The monoisotopic (exact) mass is 427 g/mol. The molecule has 1 aliphatic heterocycles. The zero-order chi connectivity index (χ0) is 21.4. The molecule has 1 saturated heterocycles. The van der Waals surface area contributed by atoms with Crippen molar-refractivity contribution in [3.8, 4) is 11.5 Å². The zero-order valence-corrected chi connectivity index (χ0v) is 18.6. The summed E-state index contributed by atoms with van der Waals surface area (Å²) in [6.45, 7) is 3.76. The second kappa shape index (κ2) is 10.8. The molecule has 9 heteroatoms. The summed E-state index contributed by atoms with van der Waals surface area (Å²) in [5.74, 6) is 1.05. The van der Waals surface area contributed by atoms with Gasteiger partial charge in [0.2, 0.25) is 5.91 Å². The Balaban J connectivity index is 1.81. The Morgan fingerprint density at radius 3 is 2.72 bits per heavy atom. The van der Waals surface area contributed by atoms with Crippen LogP contribution in [0.2, 0.25) is 0 Å². The summed E-state index contributed by atoms with van der Waals surface area (Å²) >= 11 is 0. The number of nitrogens with one attached hydrogen (secondary N) is 1. The highest BCUT2D eigenvalue weighted by Crippen LogP contribution is 2.28. The van der Waals surface area contributed by atoms with Crippen LogP contribution in [0.15, 0.2) is 18.2 Å². The fraction of sp³-hybridized carbons (Fsp3) is 0.650. The van der Waals surface area contributed by atoms with Crippen molar-refractivity contribution in [1.82, 2.24) is 13.9 Å². The normalized spacial score (nSPS) is 17.9. The molecule has 0 bridgehead atoms. The maximum absolute atomic E-state index is 12.5. The molecule has 2 rings (SSSR count). The summed E-state index contributed by atoms with van der Waals surface area (Å²) < 4.78 is 38.1. The van der Waals surface area contributed by atoms with E-state index in [-0.39, 0.29) is 18.4 Å². The molecule has 1 heterocycles. The van der Waals surface area contributed by atoms with Crippen LogP contribution >= 0.6 is 0 Å². The molecule has 1 fully saturated rings. The van der Waals surface area contributed by atoms with Crippen LogP contribution in [-0.2, 0) is 21.4 Å². The molecule has 1 aliphatic rings. The molecule has 8 nitrogen and oxygen atoms in total. The number of carbonyl (C=O) groups excluding carboxylic acids is 1. The molecular formula is C20H33N3O5S. The third-order valence-corrected chi connectivity index (χ3v) is 6.92. The van der Waals surface area contributed by atoms with E-state index in [1.165, 1.54) is 22.7 Å². The number of aryl methyl sites for hydroxylation is 1. The highest BCUT2D eigenvalue weighted by atomic mass is 32.2. The molecule has 29 heavy (non-hydrogen) atoms. The summed E-state index contributed by atoms with van der Waals surface area (Å²) in [7, 11) is 1.16. The van der Waals surface area contributed by atoms with Gasteiger partial charge in [0.05, 0.1) is 19.6 Å². The number of hydrogen-bond donors (Lipinski definition) is 1. The number of benzene rings is 1. The third kappa shape index (κ3) is 6.32. The van der Waals surface area contributed by atoms with Gasteiger partial charge in [-0.3, -0.25) is 4.79 Å². The van der Waals surface area contributed by atoms with Crippen LogP contribution in [0.4, 0.5) is 0 Å². The maximum Gasteiger partial charge on any atom is 0.281 e. The van der Waals surface area contributed by atoms with Gasteiger partial charge in [0.15, 0.2) is 11.5 Å². The molecular weight excluding hydrogens is 394 g/mol. The number of hydrogen-bond acceptors (Lipinski definition) is 5. The van der Waals surface area contributed by atoms with Gasteiger partial charge >= 0.3 is 0 Å². The molecule has 1 atom stereocenters. The van der Waals surface area contributed by atoms with Gasteiger partial charge in [-0.2, -0.15) is 17.0 Å². The number of amides is 1. The summed E-state index contributed by atoms with van der Waals surface area (Å²) in [6, 6.07) is 5.86. The molecule has 0 radical (unpaired) electrons. The van der Waals surface area contributed by atoms with Crippen LogP contribution in [-0.4, -0.2) is 70.4 Å². The summed E-state index contributed by atoms with van der Waals surface area (Å²) in [5, 5.41) is 2.95. The van der Waals surface area contributed by atoms with Gasteiger partial charge in [-0.1, -0.05) is 6.07 Å². The van der Waals surface area contributed by atoms with Gasteiger partial charge in [-0.25, -0.2) is 0 Å². The van der Waals surface area contributed by atoms with Crippen molar-refractivity contribution in [2.45, 2.75) is 32.6 Å². The van der Waals surface area contributed by atoms with E-state index in [1.54, 1.807) is 7.11 Å². The second-order valence-electron chi connectivity index (χ2n) is 7.30. The van der Waals surface area contributed by atoms with E-state index in [0.29, 0.717) is 38.3 Å². The third-order valence-electron chi connectivity index (χ3n) is 5.01. The van der Waals surface area contributed by atoms with E-state index in [9.17, 15) is 13.2 Å². The highest BCUT2D eigenvalue weighted by Gasteiger charge is 2.33. The molecule has 1 aromatic rings. The van der Waals surface area contributed by atoms with E-state index in [1.807, 2.05) is 25.1 Å². The fourth-order valence-corrected chi connectivity index (χ4v) is 4.58. The van der Waals surface area contributed by atoms with Crippen LogP contribution in [0.1, 0.15) is 31.7 Å².